The van der Waals surface area contributed by atoms with Gasteiger partial charge in [0, 0.05) is 6.54 Å². The van der Waals surface area contributed by atoms with Crippen LogP contribution in [-0.4, -0.2) is 24.6 Å². The van der Waals surface area contributed by atoms with E-state index in [2.05, 4.69) is 36.5 Å². The summed E-state index contributed by atoms with van der Waals surface area (Å²) in [5.74, 6) is 0.686. The normalized spacial score (nSPS) is 17.5. The van der Waals surface area contributed by atoms with Crippen LogP contribution in [0.15, 0.2) is 42.5 Å². The van der Waals surface area contributed by atoms with Crippen molar-refractivity contribution in [2.45, 2.75) is 45.6 Å². The number of amides is 2. The molecule has 0 aromatic heterocycles. The van der Waals surface area contributed by atoms with Gasteiger partial charge in [-0.1, -0.05) is 48.7 Å². The predicted molar refractivity (Wildman–Crippen MR) is 106 cm³/mol. The number of hydrogen-bond acceptors (Lipinski definition) is 2. The van der Waals surface area contributed by atoms with E-state index in [0.29, 0.717) is 5.75 Å². The predicted octanol–water partition coefficient (Wildman–Crippen LogP) is 5.46. The van der Waals surface area contributed by atoms with E-state index in [1.165, 1.54) is 17.5 Å². The standard InChI is InChI=1S/C22H28N2O2/c1-16-8-7-9-18(14-16)20-10-5-4-6-13-24(20)22(25)23-19-15-17(2)11-12-21(19)26-3/h7-9,11-12,14-15,20H,4-6,10,13H2,1-3H3,(H,23,25). The maximum Gasteiger partial charge on any atom is 0.322 e. The Hall–Kier alpha value is -2.49. The van der Waals surface area contributed by atoms with Crippen LogP contribution in [0.25, 0.3) is 0 Å². The summed E-state index contributed by atoms with van der Waals surface area (Å²) in [6.45, 7) is 4.89. The minimum atomic E-state index is -0.0534. The summed E-state index contributed by atoms with van der Waals surface area (Å²) in [4.78, 5) is 15.1. The Morgan fingerprint density at radius 1 is 1.08 bits per heavy atom. The summed E-state index contributed by atoms with van der Waals surface area (Å²) in [5, 5.41) is 3.08. The van der Waals surface area contributed by atoms with Crippen molar-refractivity contribution in [3.63, 3.8) is 0 Å². The lowest BCUT2D eigenvalue weighted by Gasteiger charge is -2.31. The number of carbonyl (C=O) groups is 1. The lowest BCUT2D eigenvalue weighted by molar-refractivity contribution is 0.189. The van der Waals surface area contributed by atoms with Gasteiger partial charge in [-0.25, -0.2) is 4.79 Å². The summed E-state index contributed by atoms with van der Waals surface area (Å²) in [6, 6.07) is 14.4. The highest BCUT2D eigenvalue weighted by Gasteiger charge is 2.27. The van der Waals surface area contributed by atoms with Crippen LogP contribution in [0.2, 0.25) is 0 Å². The van der Waals surface area contributed by atoms with E-state index in [-0.39, 0.29) is 12.1 Å². The molecule has 26 heavy (non-hydrogen) atoms. The Balaban J connectivity index is 1.86. The lowest BCUT2D eigenvalue weighted by Crippen LogP contribution is -2.38. The fourth-order valence-corrected chi connectivity index (χ4v) is 3.68. The van der Waals surface area contributed by atoms with Crippen LogP contribution >= 0.6 is 0 Å². The number of nitrogens with one attached hydrogen (secondary N) is 1. The number of nitrogens with zero attached hydrogens (tertiary/aromatic N) is 1. The van der Waals surface area contributed by atoms with Gasteiger partial charge < -0.3 is 15.0 Å². The molecule has 1 unspecified atom stereocenters. The van der Waals surface area contributed by atoms with Gasteiger partial charge in [0.05, 0.1) is 18.8 Å². The second kappa shape index (κ2) is 8.26. The number of likely N-dealkylation sites (tertiary alicyclic amines) is 1. The Morgan fingerprint density at radius 3 is 2.65 bits per heavy atom. The Labute approximate surface area is 156 Å². The van der Waals surface area contributed by atoms with Gasteiger partial charge in [0.2, 0.25) is 0 Å². The number of urea groups is 1. The number of rotatable bonds is 3. The van der Waals surface area contributed by atoms with E-state index in [1.54, 1.807) is 7.11 Å². The number of benzene rings is 2. The second-order valence-electron chi connectivity index (χ2n) is 7.11. The summed E-state index contributed by atoms with van der Waals surface area (Å²) >= 11 is 0. The number of aryl methyl sites for hydroxylation is 2. The van der Waals surface area contributed by atoms with E-state index >= 15 is 0 Å². The van der Waals surface area contributed by atoms with Crippen LogP contribution in [0.4, 0.5) is 10.5 Å². The van der Waals surface area contributed by atoms with E-state index in [0.717, 1.165) is 37.1 Å². The molecule has 2 amide bonds. The minimum Gasteiger partial charge on any atom is -0.495 e. The Kier molecular flexibility index (Phi) is 5.82. The van der Waals surface area contributed by atoms with E-state index < -0.39 is 0 Å². The first-order chi connectivity index (χ1) is 12.6. The van der Waals surface area contributed by atoms with Gasteiger partial charge in [-0.3, -0.25) is 0 Å². The highest BCUT2D eigenvalue weighted by molar-refractivity contribution is 5.91. The monoisotopic (exact) mass is 352 g/mol. The fourth-order valence-electron chi connectivity index (χ4n) is 3.68. The molecule has 0 radical (unpaired) electrons. The number of carbonyl (C=O) groups excluding carboxylic acids is 1. The highest BCUT2D eigenvalue weighted by atomic mass is 16.5. The molecule has 3 rings (SSSR count). The van der Waals surface area contributed by atoms with Gasteiger partial charge in [-0.05, 0) is 49.9 Å². The molecule has 0 spiro atoms. The molecular formula is C22H28N2O2. The number of hydrogen-bond donors (Lipinski definition) is 1. The maximum absolute atomic E-state index is 13.1. The summed E-state index contributed by atoms with van der Waals surface area (Å²) in [7, 11) is 1.63. The van der Waals surface area contributed by atoms with Crippen LogP contribution in [-0.2, 0) is 0 Å². The highest BCUT2D eigenvalue weighted by Crippen LogP contribution is 2.32. The first-order valence-electron chi connectivity index (χ1n) is 9.37. The molecule has 2 aromatic carbocycles. The molecule has 1 fully saturated rings. The SMILES string of the molecule is COc1ccc(C)cc1NC(=O)N1CCCCCC1c1cccc(C)c1. The number of ether oxygens (including phenoxy) is 1. The molecule has 1 saturated heterocycles. The van der Waals surface area contributed by atoms with Crippen LogP contribution in [0, 0.1) is 13.8 Å². The van der Waals surface area contributed by atoms with E-state index in [9.17, 15) is 4.79 Å². The third-order valence-corrected chi connectivity index (χ3v) is 5.04. The lowest BCUT2D eigenvalue weighted by atomic mass is 9.99. The van der Waals surface area contributed by atoms with Crippen molar-refractivity contribution >= 4 is 11.7 Å². The van der Waals surface area contributed by atoms with E-state index in [4.69, 9.17) is 4.74 Å². The topological polar surface area (TPSA) is 41.6 Å². The average Bonchev–Trinajstić information content (AvgIpc) is 2.88. The minimum absolute atomic E-state index is 0.0534. The maximum atomic E-state index is 13.1. The summed E-state index contributed by atoms with van der Waals surface area (Å²) in [5.41, 5.74) is 4.27. The van der Waals surface area contributed by atoms with Crippen LogP contribution < -0.4 is 10.1 Å². The zero-order valence-electron chi connectivity index (χ0n) is 15.9. The molecule has 138 valence electrons. The number of methoxy groups -OCH3 is 1. The van der Waals surface area contributed by atoms with Crippen molar-refractivity contribution in [1.29, 1.82) is 0 Å². The molecule has 1 atom stereocenters. The first-order valence-corrected chi connectivity index (χ1v) is 9.37. The van der Waals surface area contributed by atoms with Crippen molar-refractivity contribution in [2.75, 3.05) is 19.0 Å². The van der Waals surface area contributed by atoms with E-state index in [1.807, 2.05) is 30.0 Å². The third-order valence-electron chi connectivity index (χ3n) is 5.04. The molecule has 1 N–H and O–H groups in total. The van der Waals surface area contributed by atoms with Gasteiger partial charge in [0.1, 0.15) is 5.75 Å². The molecule has 0 saturated carbocycles. The molecule has 1 aliphatic heterocycles. The van der Waals surface area contributed by atoms with Crippen molar-refractivity contribution in [3.05, 3.63) is 59.2 Å². The fraction of sp³-hybridized carbons (Fsp3) is 0.409. The molecule has 0 bridgehead atoms. The Bertz CT molecular complexity index is 772. The largest absolute Gasteiger partial charge is 0.495 e. The van der Waals surface area contributed by atoms with Crippen molar-refractivity contribution in [1.82, 2.24) is 4.90 Å². The smallest absolute Gasteiger partial charge is 0.322 e. The molecule has 4 heteroatoms. The quantitative estimate of drug-likeness (QED) is 0.797. The van der Waals surface area contributed by atoms with Gasteiger partial charge >= 0.3 is 6.03 Å². The average molecular weight is 352 g/mol. The van der Waals surface area contributed by atoms with Crippen LogP contribution in [0.3, 0.4) is 0 Å². The van der Waals surface area contributed by atoms with Gasteiger partial charge in [-0.15, -0.1) is 0 Å². The van der Waals surface area contributed by atoms with Crippen LogP contribution in [0.1, 0.15) is 48.4 Å². The molecule has 4 nitrogen and oxygen atoms in total. The molecule has 1 aliphatic rings. The van der Waals surface area contributed by atoms with Crippen LogP contribution in [0.5, 0.6) is 5.75 Å². The summed E-state index contributed by atoms with van der Waals surface area (Å²) in [6.07, 6.45) is 4.36. The van der Waals surface area contributed by atoms with Crippen molar-refractivity contribution < 1.29 is 9.53 Å². The van der Waals surface area contributed by atoms with Crippen molar-refractivity contribution in [2.24, 2.45) is 0 Å². The molecular weight excluding hydrogens is 324 g/mol. The Morgan fingerprint density at radius 2 is 1.88 bits per heavy atom. The first kappa shape index (κ1) is 18.3. The van der Waals surface area contributed by atoms with Gasteiger partial charge in [0.25, 0.3) is 0 Å². The summed E-state index contributed by atoms with van der Waals surface area (Å²) < 4.78 is 5.41. The van der Waals surface area contributed by atoms with Gasteiger partial charge in [0.15, 0.2) is 0 Å². The van der Waals surface area contributed by atoms with Crippen molar-refractivity contribution in [3.8, 4) is 5.75 Å². The molecule has 2 aromatic rings. The molecule has 0 aliphatic carbocycles. The third kappa shape index (κ3) is 4.18. The zero-order chi connectivity index (χ0) is 18.5. The zero-order valence-corrected chi connectivity index (χ0v) is 15.9. The second-order valence-corrected chi connectivity index (χ2v) is 7.11. The number of anilines is 1. The molecule has 1 heterocycles. The van der Waals surface area contributed by atoms with Gasteiger partial charge in [-0.2, -0.15) is 0 Å².